The van der Waals surface area contributed by atoms with E-state index in [2.05, 4.69) is 41.9 Å². The summed E-state index contributed by atoms with van der Waals surface area (Å²) < 4.78 is 41.7. The fourth-order valence-corrected chi connectivity index (χ4v) is 4.25. The Bertz CT molecular complexity index is 1370. The highest BCUT2D eigenvalue weighted by Crippen LogP contribution is 2.41. The van der Waals surface area contributed by atoms with Gasteiger partial charge in [0.05, 0.1) is 35.2 Å². The molecule has 0 bridgehead atoms. The van der Waals surface area contributed by atoms with Gasteiger partial charge in [0.15, 0.2) is 0 Å². The monoisotopic (exact) mass is 464 g/mol. The number of nitriles is 1. The first-order valence-electron chi connectivity index (χ1n) is 10.7. The Hall–Kier alpha value is -4.04. The number of fused-ring (bicyclic) bond motifs is 1. The van der Waals surface area contributed by atoms with E-state index < -0.39 is 11.7 Å². The number of hydrogen-bond donors (Lipinski definition) is 3. The molecule has 0 unspecified atom stereocenters. The number of H-pyrrole nitrogens is 1. The molecule has 1 atom stereocenters. The van der Waals surface area contributed by atoms with Gasteiger partial charge >= 0.3 is 6.18 Å². The molecule has 0 aliphatic carbocycles. The molecular weight excluding hydrogens is 445 g/mol. The fraction of sp³-hybridized carbons (Fsp3) is 0.261. The lowest BCUT2D eigenvalue weighted by Gasteiger charge is -2.24. The van der Waals surface area contributed by atoms with Crippen LogP contribution in [0.25, 0.3) is 33.3 Å². The maximum Gasteiger partial charge on any atom is 0.419 e. The Morgan fingerprint density at radius 3 is 2.74 bits per heavy atom. The summed E-state index contributed by atoms with van der Waals surface area (Å²) in [5.41, 5.74) is 1.13. The van der Waals surface area contributed by atoms with Gasteiger partial charge in [0, 0.05) is 47.1 Å². The quantitative estimate of drug-likeness (QED) is 0.416. The zero-order chi connectivity index (χ0) is 23.7. The number of hydrogen-bond acceptors (Lipinski definition) is 7. The number of anilines is 1. The molecule has 1 fully saturated rings. The average Bonchev–Trinajstić information content (AvgIpc) is 3.28. The molecule has 1 aliphatic heterocycles. The summed E-state index contributed by atoms with van der Waals surface area (Å²) in [5.74, 6) is 0.137. The molecule has 0 saturated carbocycles. The van der Waals surface area contributed by atoms with Crippen LogP contribution in [0.5, 0.6) is 0 Å². The van der Waals surface area contributed by atoms with Crippen LogP contribution in [0.3, 0.4) is 0 Å². The zero-order valence-electron chi connectivity index (χ0n) is 17.8. The lowest BCUT2D eigenvalue weighted by molar-refractivity contribution is -0.137. The first-order valence-corrected chi connectivity index (χ1v) is 10.7. The number of halogens is 3. The molecule has 0 radical (unpaired) electrons. The van der Waals surface area contributed by atoms with E-state index in [-0.39, 0.29) is 23.2 Å². The van der Waals surface area contributed by atoms with Gasteiger partial charge in [0.1, 0.15) is 5.56 Å². The van der Waals surface area contributed by atoms with Gasteiger partial charge < -0.3 is 15.6 Å². The molecule has 11 heteroatoms. The van der Waals surface area contributed by atoms with Crippen LogP contribution in [0.2, 0.25) is 0 Å². The van der Waals surface area contributed by atoms with Crippen molar-refractivity contribution < 1.29 is 13.2 Å². The van der Waals surface area contributed by atoms with Crippen molar-refractivity contribution in [1.82, 2.24) is 30.5 Å². The first-order chi connectivity index (χ1) is 16.5. The summed E-state index contributed by atoms with van der Waals surface area (Å²) in [4.78, 5) is 11.3. The Kier molecular flexibility index (Phi) is 5.59. The highest BCUT2D eigenvalue weighted by atomic mass is 19.4. The SMILES string of the molecule is N#Cc1ccc2c(-c3nc(N[C@H]4CCCNC4)ncc3C(F)(F)F)c[nH]c2c1-c1ccnnc1. The van der Waals surface area contributed by atoms with E-state index in [1.807, 2.05) is 0 Å². The van der Waals surface area contributed by atoms with E-state index >= 15 is 0 Å². The van der Waals surface area contributed by atoms with Gasteiger partial charge in [-0.1, -0.05) is 6.07 Å². The molecular formula is C23H19F3N8. The topological polar surface area (TPSA) is 115 Å². The zero-order valence-corrected chi connectivity index (χ0v) is 17.8. The Morgan fingerprint density at radius 2 is 2.03 bits per heavy atom. The number of benzene rings is 1. The van der Waals surface area contributed by atoms with Crippen molar-refractivity contribution in [3.63, 3.8) is 0 Å². The third-order valence-electron chi connectivity index (χ3n) is 5.83. The maximum atomic E-state index is 13.9. The Labute approximate surface area is 192 Å². The molecule has 4 aromatic rings. The van der Waals surface area contributed by atoms with Gasteiger partial charge in [0.25, 0.3) is 0 Å². The highest BCUT2D eigenvalue weighted by Gasteiger charge is 2.36. The minimum atomic E-state index is -4.64. The summed E-state index contributed by atoms with van der Waals surface area (Å²) >= 11 is 0. The van der Waals surface area contributed by atoms with Crippen molar-refractivity contribution in [3.05, 3.63) is 54.1 Å². The lowest BCUT2D eigenvalue weighted by atomic mass is 9.97. The minimum Gasteiger partial charge on any atom is -0.360 e. The minimum absolute atomic E-state index is 0.0327. The molecule has 172 valence electrons. The fourth-order valence-electron chi connectivity index (χ4n) is 4.25. The molecule has 1 aliphatic rings. The van der Waals surface area contributed by atoms with E-state index in [1.165, 1.54) is 18.6 Å². The van der Waals surface area contributed by atoms with Crippen molar-refractivity contribution >= 4 is 16.9 Å². The molecule has 1 aromatic carbocycles. The number of piperidine rings is 1. The summed E-state index contributed by atoms with van der Waals surface area (Å²) in [5, 5.41) is 24.1. The second-order valence-corrected chi connectivity index (χ2v) is 8.00. The summed E-state index contributed by atoms with van der Waals surface area (Å²) in [6, 6.07) is 7.06. The molecule has 3 aromatic heterocycles. The van der Waals surface area contributed by atoms with Crippen LogP contribution in [0.4, 0.5) is 19.1 Å². The predicted octanol–water partition coefficient (Wildman–Crippen LogP) is 4.14. The van der Waals surface area contributed by atoms with Crippen molar-refractivity contribution in [2.24, 2.45) is 0 Å². The predicted molar refractivity (Wildman–Crippen MR) is 120 cm³/mol. The van der Waals surface area contributed by atoms with Crippen LogP contribution >= 0.6 is 0 Å². The average molecular weight is 464 g/mol. The van der Waals surface area contributed by atoms with Gasteiger partial charge in [-0.25, -0.2) is 9.97 Å². The second kappa shape index (κ2) is 8.72. The molecule has 5 rings (SSSR count). The van der Waals surface area contributed by atoms with E-state index in [4.69, 9.17) is 0 Å². The molecule has 3 N–H and O–H groups in total. The Morgan fingerprint density at radius 1 is 1.15 bits per heavy atom. The summed E-state index contributed by atoms with van der Waals surface area (Å²) in [6.45, 7) is 1.60. The number of aromatic nitrogens is 5. The molecule has 34 heavy (non-hydrogen) atoms. The number of rotatable bonds is 4. The van der Waals surface area contributed by atoms with Crippen LogP contribution in [0, 0.1) is 11.3 Å². The normalized spacial score (nSPS) is 16.4. The molecule has 8 nitrogen and oxygen atoms in total. The third-order valence-corrected chi connectivity index (χ3v) is 5.83. The highest BCUT2D eigenvalue weighted by molar-refractivity contribution is 6.04. The largest absolute Gasteiger partial charge is 0.419 e. The number of nitrogens with zero attached hydrogens (tertiary/aromatic N) is 5. The van der Waals surface area contributed by atoms with Gasteiger partial charge in [0.2, 0.25) is 5.95 Å². The van der Waals surface area contributed by atoms with Crippen LogP contribution in [-0.2, 0) is 6.18 Å². The van der Waals surface area contributed by atoms with Crippen molar-refractivity contribution in [2.45, 2.75) is 25.1 Å². The standard InChI is InChI=1S/C23H19F3N8/c24-23(25,26)18-12-30-22(33-15-2-1-6-28-10-15)34-20(18)17-11-29-21-16(17)4-3-13(8-27)19(21)14-5-7-31-32-9-14/h3-5,7,9,11-12,15,28-29H,1-2,6,10H2,(H,30,33,34)/t15-/m0/s1. The second-order valence-electron chi connectivity index (χ2n) is 8.00. The molecule has 0 spiro atoms. The van der Waals surface area contributed by atoms with Gasteiger partial charge in [-0.2, -0.15) is 28.6 Å². The van der Waals surface area contributed by atoms with Crippen LogP contribution < -0.4 is 10.6 Å². The Balaban J connectivity index is 1.67. The smallest absolute Gasteiger partial charge is 0.360 e. The number of nitrogens with one attached hydrogen (secondary N) is 3. The number of alkyl halides is 3. The van der Waals surface area contributed by atoms with Crippen LogP contribution in [0.1, 0.15) is 24.0 Å². The van der Waals surface area contributed by atoms with Crippen LogP contribution in [0.15, 0.2) is 43.0 Å². The molecule has 4 heterocycles. The van der Waals surface area contributed by atoms with E-state index in [9.17, 15) is 18.4 Å². The van der Waals surface area contributed by atoms with Crippen molar-refractivity contribution in [2.75, 3.05) is 18.4 Å². The third kappa shape index (κ3) is 4.04. The van der Waals surface area contributed by atoms with Gasteiger partial charge in [-0.3, -0.25) is 0 Å². The van der Waals surface area contributed by atoms with E-state index in [0.717, 1.165) is 25.6 Å². The summed E-state index contributed by atoms with van der Waals surface area (Å²) in [6.07, 6.45) is 2.48. The number of aromatic amines is 1. The van der Waals surface area contributed by atoms with E-state index in [0.29, 0.717) is 34.1 Å². The van der Waals surface area contributed by atoms with Gasteiger partial charge in [-0.05, 0) is 31.5 Å². The van der Waals surface area contributed by atoms with Crippen molar-refractivity contribution in [3.8, 4) is 28.5 Å². The first kappa shape index (κ1) is 21.8. The van der Waals surface area contributed by atoms with Crippen molar-refractivity contribution in [1.29, 1.82) is 5.26 Å². The summed E-state index contributed by atoms with van der Waals surface area (Å²) in [7, 11) is 0. The molecule has 0 amide bonds. The van der Waals surface area contributed by atoms with Gasteiger partial charge in [-0.15, -0.1) is 0 Å². The maximum absolute atomic E-state index is 13.9. The van der Waals surface area contributed by atoms with E-state index in [1.54, 1.807) is 18.2 Å². The molecule has 1 saturated heterocycles. The lowest BCUT2D eigenvalue weighted by Crippen LogP contribution is -2.38. The van der Waals surface area contributed by atoms with Crippen LogP contribution in [-0.4, -0.2) is 44.3 Å².